The molecule has 1 atom stereocenters. The van der Waals surface area contributed by atoms with E-state index in [1.807, 2.05) is 12.1 Å². The topological polar surface area (TPSA) is 57.0 Å². The molecule has 2 N–H and O–H groups in total. The van der Waals surface area contributed by atoms with Gasteiger partial charge in [-0.05, 0) is 37.9 Å². The van der Waals surface area contributed by atoms with Gasteiger partial charge in [0.15, 0.2) is 11.5 Å². The van der Waals surface area contributed by atoms with Crippen LogP contribution in [-0.4, -0.2) is 45.9 Å². The Kier molecular flexibility index (Phi) is 5.70. The second-order valence-electron chi connectivity index (χ2n) is 5.47. The number of ether oxygens (including phenoxy) is 3. The van der Waals surface area contributed by atoms with Gasteiger partial charge in [0.2, 0.25) is 5.75 Å². The molecular formula is C16H26N2O3. The summed E-state index contributed by atoms with van der Waals surface area (Å²) in [6, 6.07) is 3.98. The van der Waals surface area contributed by atoms with Crippen LogP contribution in [0.1, 0.15) is 18.4 Å². The molecule has 0 amide bonds. The highest BCUT2D eigenvalue weighted by molar-refractivity contribution is 5.55. The molecular weight excluding hydrogens is 268 g/mol. The summed E-state index contributed by atoms with van der Waals surface area (Å²) in [5.74, 6) is 2.71. The maximum atomic E-state index is 5.81. The lowest BCUT2D eigenvalue weighted by Crippen LogP contribution is -2.37. The van der Waals surface area contributed by atoms with Gasteiger partial charge in [0.25, 0.3) is 0 Å². The van der Waals surface area contributed by atoms with E-state index in [-0.39, 0.29) is 0 Å². The third-order valence-corrected chi connectivity index (χ3v) is 4.12. The molecule has 0 aromatic heterocycles. The van der Waals surface area contributed by atoms with Gasteiger partial charge in [0, 0.05) is 18.7 Å². The average molecular weight is 294 g/mol. The summed E-state index contributed by atoms with van der Waals surface area (Å²) in [4.78, 5) is 2.44. The van der Waals surface area contributed by atoms with Crippen molar-refractivity contribution >= 4 is 0 Å². The van der Waals surface area contributed by atoms with Crippen molar-refractivity contribution in [3.8, 4) is 17.2 Å². The van der Waals surface area contributed by atoms with E-state index in [4.69, 9.17) is 19.9 Å². The summed E-state index contributed by atoms with van der Waals surface area (Å²) < 4.78 is 16.3. The second-order valence-corrected chi connectivity index (χ2v) is 5.47. The summed E-state index contributed by atoms with van der Waals surface area (Å²) in [7, 11) is 4.93. The molecule has 0 spiro atoms. The monoisotopic (exact) mass is 294 g/mol. The quantitative estimate of drug-likeness (QED) is 0.868. The van der Waals surface area contributed by atoms with E-state index in [0.29, 0.717) is 17.4 Å². The van der Waals surface area contributed by atoms with Crippen LogP contribution in [0, 0.1) is 5.92 Å². The maximum absolute atomic E-state index is 5.81. The second kappa shape index (κ2) is 7.52. The summed E-state index contributed by atoms with van der Waals surface area (Å²) in [6.45, 7) is 3.77. The zero-order valence-corrected chi connectivity index (χ0v) is 13.2. The smallest absolute Gasteiger partial charge is 0.203 e. The van der Waals surface area contributed by atoms with Crippen LogP contribution in [0.4, 0.5) is 0 Å². The Labute approximate surface area is 127 Å². The fraction of sp³-hybridized carbons (Fsp3) is 0.625. The van der Waals surface area contributed by atoms with E-state index in [2.05, 4.69) is 4.90 Å². The molecule has 0 bridgehead atoms. The molecule has 0 radical (unpaired) electrons. The number of benzene rings is 1. The van der Waals surface area contributed by atoms with Gasteiger partial charge < -0.3 is 19.9 Å². The number of likely N-dealkylation sites (tertiary alicyclic amines) is 1. The molecule has 0 saturated carbocycles. The first kappa shape index (κ1) is 15.9. The summed E-state index contributed by atoms with van der Waals surface area (Å²) in [5, 5.41) is 0. The molecule has 1 fully saturated rings. The third-order valence-electron chi connectivity index (χ3n) is 4.12. The molecule has 5 nitrogen and oxygen atoms in total. The zero-order valence-electron chi connectivity index (χ0n) is 13.2. The van der Waals surface area contributed by atoms with E-state index in [1.165, 1.54) is 12.8 Å². The van der Waals surface area contributed by atoms with Crippen LogP contribution in [0.25, 0.3) is 0 Å². The molecule has 0 aliphatic carbocycles. The Balaban J connectivity index is 2.19. The van der Waals surface area contributed by atoms with Crippen LogP contribution in [0.2, 0.25) is 0 Å². The number of nitrogens with two attached hydrogens (primary N) is 1. The van der Waals surface area contributed by atoms with Crippen LogP contribution in [0.15, 0.2) is 12.1 Å². The van der Waals surface area contributed by atoms with Gasteiger partial charge in [-0.15, -0.1) is 0 Å². The Morgan fingerprint density at radius 2 is 1.90 bits per heavy atom. The normalized spacial score (nSPS) is 19.3. The minimum Gasteiger partial charge on any atom is -0.493 e. The number of piperidine rings is 1. The van der Waals surface area contributed by atoms with Crippen LogP contribution in [0.5, 0.6) is 17.2 Å². The van der Waals surface area contributed by atoms with E-state index in [1.54, 1.807) is 21.3 Å². The van der Waals surface area contributed by atoms with Gasteiger partial charge in [0.05, 0.1) is 21.3 Å². The average Bonchev–Trinajstić information content (AvgIpc) is 2.54. The predicted molar refractivity (Wildman–Crippen MR) is 83.2 cm³/mol. The first-order valence-corrected chi connectivity index (χ1v) is 7.43. The van der Waals surface area contributed by atoms with Gasteiger partial charge >= 0.3 is 0 Å². The largest absolute Gasteiger partial charge is 0.493 e. The van der Waals surface area contributed by atoms with Crippen molar-refractivity contribution in [2.45, 2.75) is 19.4 Å². The van der Waals surface area contributed by atoms with Gasteiger partial charge in [-0.2, -0.15) is 0 Å². The van der Waals surface area contributed by atoms with Crippen LogP contribution < -0.4 is 19.9 Å². The lowest BCUT2D eigenvalue weighted by molar-refractivity contribution is 0.169. The van der Waals surface area contributed by atoms with Gasteiger partial charge in [0.1, 0.15) is 0 Å². The van der Waals surface area contributed by atoms with E-state index in [0.717, 1.165) is 37.5 Å². The molecule has 21 heavy (non-hydrogen) atoms. The van der Waals surface area contributed by atoms with Crippen LogP contribution in [0.3, 0.4) is 0 Å². The number of rotatable bonds is 6. The lowest BCUT2D eigenvalue weighted by Gasteiger charge is -2.32. The van der Waals surface area contributed by atoms with Gasteiger partial charge in [-0.25, -0.2) is 0 Å². The first-order chi connectivity index (χ1) is 10.2. The fourth-order valence-electron chi connectivity index (χ4n) is 3.02. The lowest BCUT2D eigenvalue weighted by atomic mass is 9.97. The molecule has 118 valence electrons. The van der Waals surface area contributed by atoms with Gasteiger partial charge in [-0.3, -0.25) is 4.90 Å². The van der Waals surface area contributed by atoms with Crippen molar-refractivity contribution in [3.63, 3.8) is 0 Å². The number of nitrogens with zero attached hydrogens (tertiary/aromatic N) is 1. The molecule has 5 heteroatoms. The molecule has 1 aliphatic rings. The summed E-state index contributed by atoms with van der Waals surface area (Å²) >= 11 is 0. The Bertz CT molecular complexity index is 465. The first-order valence-electron chi connectivity index (χ1n) is 7.43. The van der Waals surface area contributed by atoms with Crippen LogP contribution >= 0.6 is 0 Å². The van der Waals surface area contributed by atoms with Crippen molar-refractivity contribution in [1.82, 2.24) is 4.90 Å². The fourth-order valence-corrected chi connectivity index (χ4v) is 3.02. The molecule has 1 aromatic rings. The van der Waals surface area contributed by atoms with Crippen molar-refractivity contribution < 1.29 is 14.2 Å². The highest BCUT2D eigenvalue weighted by Crippen LogP contribution is 2.40. The maximum Gasteiger partial charge on any atom is 0.203 e. The molecule has 1 aromatic carbocycles. The molecule has 1 aliphatic heterocycles. The number of methoxy groups -OCH3 is 3. The van der Waals surface area contributed by atoms with E-state index in [9.17, 15) is 0 Å². The summed E-state index contributed by atoms with van der Waals surface area (Å²) in [5.41, 5.74) is 6.93. The minimum atomic E-state index is 0.602. The SMILES string of the molecule is COc1ccc(CN2CCCC(CN)C2)c(OC)c1OC. The highest BCUT2D eigenvalue weighted by Gasteiger charge is 2.22. The highest BCUT2D eigenvalue weighted by atomic mass is 16.5. The van der Waals surface area contributed by atoms with Gasteiger partial charge in [-0.1, -0.05) is 6.07 Å². The molecule has 1 heterocycles. The van der Waals surface area contributed by atoms with E-state index >= 15 is 0 Å². The van der Waals surface area contributed by atoms with Crippen LogP contribution in [-0.2, 0) is 6.54 Å². The van der Waals surface area contributed by atoms with Crippen molar-refractivity contribution in [2.75, 3.05) is 41.0 Å². The summed E-state index contributed by atoms with van der Waals surface area (Å²) in [6.07, 6.45) is 2.44. The number of hydrogen-bond acceptors (Lipinski definition) is 5. The third kappa shape index (κ3) is 3.60. The molecule has 2 rings (SSSR count). The predicted octanol–water partition coefficient (Wildman–Crippen LogP) is 1.88. The molecule has 1 unspecified atom stereocenters. The Morgan fingerprint density at radius 3 is 2.52 bits per heavy atom. The zero-order chi connectivity index (χ0) is 15.2. The Morgan fingerprint density at radius 1 is 1.14 bits per heavy atom. The number of hydrogen-bond donors (Lipinski definition) is 1. The van der Waals surface area contributed by atoms with Crippen molar-refractivity contribution in [1.29, 1.82) is 0 Å². The standard InChI is InChI=1S/C16H26N2O3/c1-19-14-7-6-13(15(20-2)16(14)21-3)11-18-8-4-5-12(9-17)10-18/h6-7,12H,4-5,8-11,17H2,1-3H3. The van der Waals surface area contributed by atoms with E-state index < -0.39 is 0 Å². The van der Waals surface area contributed by atoms with Crippen molar-refractivity contribution in [3.05, 3.63) is 17.7 Å². The minimum absolute atomic E-state index is 0.602. The molecule has 1 saturated heterocycles. The van der Waals surface area contributed by atoms with Crippen molar-refractivity contribution in [2.24, 2.45) is 11.7 Å². The Hall–Kier alpha value is -1.46.